The van der Waals surface area contributed by atoms with E-state index in [4.69, 9.17) is 26.4 Å². The fourth-order valence-corrected chi connectivity index (χ4v) is 6.52. The summed E-state index contributed by atoms with van der Waals surface area (Å²) in [6.07, 6.45) is 1.98. The lowest BCUT2D eigenvalue weighted by molar-refractivity contribution is -0.385. The third-order valence-electron chi connectivity index (χ3n) is 9.45. The average Bonchev–Trinajstić information content (AvgIpc) is 3.28. The number of benzene rings is 4. The fourth-order valence-electron chi connectivity index (χ4n) is 6.29. The Hall–Kier alpha value is -8.24. The molecule has 22 heteroatoms. The van der Waals surface area contributed by atoms with E-state index < -0.39 is 40.1 Å². The third-order valence-corrected chi connectivity index (χ3v) is 9.66. The van der Waals surface area contributed by atoms with Crippen molar-refractivity contribution in [3.05, 3.63) is 149 Å². The van der Waals surface area contributed by atoms with E-state index in [1.165, 1.54) is 24.3 Å². The molecule has 0 spiro atoms. The maximum Gasteiger partial charge on any atom is 0.441 e. The van der Waals surface area contributed by atoms with Gasteiger partial charge in [0, 0.05) is 36.0 Å². The van der Waals surface area contributed by atoms with Gasteiger partial charge in [0.2, 0.25) is 17.7 Å². The number of aromatic nitrogens is 4. The number of para-hydroxylation sites is 1. The van der Waals surface area contributed by atoms with Crippen molar-refractivity contribution >= 4 is 58.4 Å². The summed E-state index contributed by atoms with van der Waals surface area (Å²) in [7, 11) is 1.95. The Morgan fingerprint density at radius 1 is 0.800 bits per heavy atom. The molecular formula is C43H37F2N11O8S. The molecule has 4 amide bonds. The molecule has 0 bridgehead atoms. The molecule has 3 heterocycles. The number of hydrogen-bond donors (Lipinski definition) is 3. The van der Waals surface area contributed by atoms with E-state index in [2.05, 4.69) is 40.8 Å². The van der Waals surface area contributed by atoms with Gasteiger partial charge in [-0.15, -0.1) is 0 Å². The fraction of sp³-hybridized carbons (Fsp3) is 0.163. The minimum Gasteiger partial charge on any atom is -0.436 e. The number of amides is 4. The largest absolute Gasteiger partial charge is 0.441 e. The number of nitrogens with one attached hydrogen (secondary N) is 3. The topological polar surface area (TPSA) is 219 Å². The number of thiocarbonyl (C=S) groups is 1. The molecule has 1 fully saturated rings. The molecule has 1 aliphatic heterocycles. The number of nitro groups is 1. The van der Waals surface area contributed by atoms with E-state index in [9.17, 15) is 28.9 Å². The molecule has 7 rings (SSSR count). The van der Waals surface area contributed by atoms with Gasteiger partial charge in [0.25, 0.3) is 5.69 Å². The van der Waals surface area contributed by atoms with Crippen molar-refractivity contribution in [2.45, 2.75) is 25.3 Å². The summed E-state index contributed by atoms with van der Waals surface area (Å²) in [5.74, 6) is -4.25. The number of nitrogens with zero attached hydrogens (tertiary/aromatic N) is 8. The van der Waals surface area contributed by atoms with Gasteiger partial charge in [0.05, 0.1) is 17.4 Å². The van der Waals surface area contributed by atoms with Crippen molar-refractivity contribution < 1.29 is 42.3 Å². The Bertz CT molecular complexity index is 2700. The van der Waals surface area contributed by atoms with Gasteiger partial charge < -0.3 is 35.1 Å². The molecule has 6 aromatic rings. The first-order chi connectivity index (χ1) is 31.4. The van der Waals surface area contributed by atoms with Gasteiger partial charge in [0.1, 0.15) is 18.4 Å². The van der Waals surface area contributed by atoms with Gasteiger partial charge in [-0.1, -0.05) is 48.5 Å². The number of halogens is 2. The molecule has 0 radical (unpaired) electrons. The SMILES string of the molecule is CN1CCC(NC(=O)N(c2cc(Oc3ccc(NC(=S)NC(=O)Cc4ccccc4)cc3F)ncn2)N(C(=O)Oc2ccccc2)c2cc(Oc3ccc([N+](=O)[O-])cc3F)ncn2)CC1. The van der Waals surface area contributed by atoms with E-state index in [1.807, 2.05) is 13.1 Å². The molecule has 1 aliphatic rings. The highest BCUT2D eigenvalue weighted by atomic mass is 32.1. The predicted molar refractivity (Wildman–Crippen MR) is 235 cm³/mol. The van der Waals surface area contributed by atoms with Crippen LogP contribution in [0.15, 0.2) is 122 Å². The smallest absolute Gasteiger partial charge is 0.436 e. The van der Waals surface area contributed by atoms with Crippen LogP contribution < -0.4 is 40.2 Å². The Kier molecular flexibility index (Phi) is 14.3. The molecule has 0 aliphatic carbocycles. The summed E-state index contributed by atoms with van der Waals surface area (Å²) in [5, 5.41) is 20.9. The second kappa shape index (κ2) is 20.8. The molecule has 1 saturated heterocycles. The predicted octanol–water partition coefficient (Wildman–Crippen LogP) is 7.32. The number of ether oxygens (including phenoxy) is 3. The highest BCUT2D eigenvalue weighted by Gasteiger charge is 2.36. The van der Waals surface area contributed by atoms with Crippen LogP contribution in [0.2, 0.25) is 0 Å². The first-order valence-electron chi connectivity index (χ1n) is 19.6. The van der Waals surface area contributed by atoms with Crippen molar-refractivity contribution in [2.75, 3.05) is 35.5 Å². The molecule has 4 aromatic carbocycles. The lowest BCUT2D eigenvalue weighted by atomic mass is 10.1. The highest BCUT2D eigenvalue weighted by Crippen LogP contribution is 2.32. The number of likely N-dealkylation sites (tertiary alicyclic amines) is 1. The van der Waals surface area contributed by atoms with Crippen LogP contribution in [0, 0.1) is 21.7 Å². The van der Waals surface area contributed by atoms with Crippen LogP contribution in [0.5, 0.6) is 29.0 Å². The second-order valence-corrected chi connectivity index (χ2v) is 14.6. The quantitative estimate of drug-likeness (QED) is 0.0622. The lowest BCUT2D eigenvalue weighted by Gasteiger charge is -2.35. The van der Waals surface area contributed by atoms with Crippen LogP contribution in [-0.2, 0) is 11.2 Å². The number of piperidine rings is 1. The monoisotopic (exact) mass is 905 g/mol. The minimum atomic E-state index is -1.19. The second-order valence-electron chi connectivity index (χ2n) is 14.1. The van der Waals surface area contributed by atoms with Crippen LogP contribution >= 0.6 is 12.2 Å². The molecule has 0 saturated carbocycles. The number of carbonyl (C=O) groups excluding carboxylic acids is 3. The van der Waals surface area contributed by atoms with Crippen molar-refractivity contribution in [3.8, 4) is 29.0 Å². The summed E-state index contributed by atoms with van der Waals surface area (Å²) in [4.78, 5) is 70.5. The Labute approximate surface area is 374 Å². The third kappa shape index (κ3) is 12.0. The molecular weight excluding hydrogens is 869 g/mol. The van der Waals surface area contributed by atoms with Gasteiger partial charge in [-0.3, -0.25) is 14.9 Å². The Balaban J connectivity index is 1.19. The molecule has 0 atom stereocenters. The molecule has 0 unspecified atom stereocenters. The van der Waals surface area contributed by atoms with Gasteiger partial charge in [0.15, 0.2) is 39.9 Å². The molecule has 19 nitrogen and oxygen atoms in total. The van der Waals surface area contributed by atoms with Crippen LogP contribution in [0.3, 0.4) is 0 Å². The number of rotatable bonds is 12. The van der Waals surface area contributed by atoms with Crippen LogP contribution in [0.4, 0.5) is 41.4 Å². The lowest BCUT2D eigenvalue weighted by Crippen LogP contribution is -2.58. The Morgan fingerprint density at radius 2 is 1.38 bits per heavy atom. The van der Waals surface area contributed by atoms with Crippen molar-refractivity contribution in [1.29, 1.82) is 0 Å². The van der Waals surface area contributed by atoms with Gasteiger partial charge >= 0.3 is 12.1 Å². The molecule has 3 N–H and O–H groups in total. The first-order valence-corrected chi connectivity index (χ1v) is 20.0. The standard InChI is InChI=1S/C43H37F2N11O8S/c1-53-18-16-28(17-19-53)51-42(58)54(36-23-39(48-25-46-36)63-34-14-12-29(21-32(34)44)50-41(65)52-38(57)20-27-8-4-2-5-9-27)55(43(59)62-31-10-6-3-7-11-31)37-24-40(49-26-47-37)64-35-15-13-30(56(60)61)22-33(35)45/h2-15,21-26,28H,16-20H2,1H3,(H,51,58)(H2,50,52,57,65). The normalized spacial score (nSPS) is 12.6. The molecule has 65 heavy (non-hydrogen) atoms. The number of nitro benzene ring substituents is 1. The zero-order valence-electron chi connectivity index (χ0n) is 34.2. The summed E-state index contributed by atoms with van der Waals surface area (Å²) < 4.78 is 47.6. The van der Waals surface area contributed by atoms with Crippen molar-refractivity contribution in [1.82, 2.24) is 35.5 Å². The van der Waals surface area contributed by atoms with Crippen molar-refractivity contribution in [3.63, 3.8) is 0 Å². The summed E-state index contributed by atoms with van der Waals surface area (Å²) in [6, 6.07) is 24.5. The Morgan fingerprint density at radius 3 is 1.98 bits per heavy atom. The maximum atomic E-state index is 15.6. The first kappa shape index (κ1) is 44.8. The number of hydrazine groups is 1. The van der Waals surface area contributed by atoms with Crippen LogP contribution in [0.25, 0.3) is 0 Å². The van der Waals surface area contributed by atoms with Crippen LogP contribution in [0.1, 0.15) is 18.4 Å². The van der Waals surface area contributed by atoms with E-state index >= 15 is 4.39 Å². The maximum absolute atomic E-state index is 15.6. The number of anilines is 3. The minimum absolute atomic E-state index is 0.0608. The summed E-state index contributed by atoms with van der Waals surface area (Å²) in [6.45, 7) is 1.33. The van der Waals surface area contributed by atoms with E-state index in [-0.39, 0.29) is 64.1 Å². The number of hydrogen-bond acceptors (Lipinski definition) is 14. The van der Waals surface area contributed by atoms with Gasteiger partial charge in [-0.25, -0.2) is 38.3 Å². The number of urea groups is 1. The van der Waals surface area contributed by atoms with E-state index in [1.54, 1.807) is 42.5 Å². The summed E-state index contributed by atoms with van der Waals surface area (Å²) in [5.41, 5.74) is 0.449. The van der Waals surface area contributed by atoms with E-state index in [0.717, 1.165) is 53.6 Å². The van der Waals surface area contributed by atoms with Gasteiger partial charge in [-0.2, -0.15) is 10.0 Å². The van der Waals surface area contributed by atoms with E-state index in [0.29, 0.717) is 37.0 Å². The van der Waals surface area contributed by atoms with Crippen molar-refractivity contribution in [2.24, 2.45) is 0 Å². The van der Waals surface area contributed by atoms with Gasteiger partial charge in [-0.05, 0) is 81.1 Å². The number of carbonyl (C=O) groups is 3. The number of non-ortho nitro benzene ring substituents is 1. The average molecular weight is 906 g/mol. The molecule has 2 aromatic heterocycles. The molecule has 332 valence electrons. The summed E-state index contributed by atoms with van der Waals surface area (Å²) >= 11 is 5.25. The van der Waals surface area contributed by atoms with Crippen LogP contribution in [-0.4, -0.2) is 79.1 Å². The highest BCUT2D eigenvalue weighted by molar-refractivity contribution is 7.80. The zero-order chi connectivity index (χ0) is 45.9. The zero-order valence-corrected chi connectivity index (χ0v) is 35.0.